The molecule has 1 rings (SSSR count). The number of rotatable bonds is 20. The fourth-order valence-electron chi connectivity index (χ4n) is 4.21. The summed E-state index contributed by atoms with van der Waals surface area (Å²) in [5.41, 5.74) is 4.98. The Hall–Kier alpha value is -4.40. The number of nitrogens with two attached hydrogens (primary N) is 1. The first-order chi connectivity index (χ1) is 21.6. The minimum absolute atomic E-state index is 0.0621. The maximum absolute atomic E-state index is 13.2. The van der Waals surface area contributed by atoms with Gasteiger partial charge in [-0.15, -0.1) is 0 Å². The number of ether oxygens (including phenoxy) is 1. The molecule has 0 radical (unpaired) electrons. The zero-order chi connectivity index (χ0) is 34.7. The van der Waals surface area contributed by atoms with Crippen molar-refractivity contribution in [2.24, 2.45) is 11.7 Å². The minimum Gasteiger partial charge on any atom is -0.478 e. The van der Waals surface area contributed by atoms with Gasteiger partial charge in [0.25, 0.3) is 0 Å². The van der Waals surface area contributed by atoms with Gasteiger partial charge in [0.2, 0.25) is 17.7 Å². The van der Waals surface area contributed by atoms with Crippen LogP contribution in [0.25, 0.3) is 0 Å². The summed E-state index contributed by atoms with van der Waals surface area (Å²) >= 11 is 0. The Labute approximate surface area is 270 Å². The van der Waals surface area contributed by atoms with Crippen molar-refractivity contribution in [2.75, 3.05) is 31.5 Å². The van der Waals surface area contributed by atoms with Crippen molar-refractivity contribution >= 4 is 41.5 Å². The lowest BCUT2D eigenvalue weighted by atomic mass is 10.0. The Morgan fingerprint density at radius 2 is 1.48 bits per heavy atom. The van der Waals surface area contributed by atoms with Crippen molar-refractivity contribution in [2.45, 2.75) is 90.8 Å². The second kappa shape index (κ2) is 20.6. The molecule has 0 aliphatic heterocycles. The average Bonchev–Trinajstić information content (AvgIpc) is 2.95. The zero-order valence-electron chi connectivity index (χ0n) is 27.5. The van der Waals surface area contributed by atoms with E-state index >= 15 is 0 Å². The number of carbonyl (C=O) groups excluding carboxylic acids is 5. The predicted molar refractivity (Wildman–Crippen MR) is 173 cm³/mol. The molecule has 0 fully saturated rings. The van der Waals surface area contributed by atoms with Crippen molar-refractivity contribution in [3.8, 4) is 0 Å². The SMILES string of the molecule is CC(C)[C@H](NCCNC(=O)CCCCCNC(=O)OC(C)(C)C)C(=O)N[C@@H](CCCNC(N)=O)C(=O)Nc1ccc(C(=O)O)cc1. The molecule has 0 aromatic heterocycles. The molecule has 15 nitrogen and oxygen atoms in total. The van der Waals surface area contributed by atoms with Crippen LogP contribution in [-0.2, 0) is 19.1 Å². The van der Waals surface area contributed by atoms with Gasteiger partial charge in [0.1, 0.15) is 11.6 Å². The highest BCUT2D eigenvalue weighted by atomic mass is 16.6. The highest BCUT2D eigenvalue weighted by molar-refractivity contribution is 5.98. The Morgan fingerprint density at radius 3 is 2.07 bits per heavy atom. The molecule has 15 heteroatoms. The molecule has 0 saturated carbocycles. The molecular weight excluding hydrogens is 598 g/mol. The van der Waals surface area contributed by atoms with Gasteiger partial charge in [-0.2, -0.15) is 0 Å². The van der Waals surface area contributed by atoms with E-state index in [4.69, 9.17) is 15.6 Å². The van der Waals surface area contributed by atoms with Gasteiger partial charge in [-0.1, -0.05) is 20.3 Å². The van der Waals surface area contributed by atoms with Crippen LogP contribution >= 0.6 is 0 Å². The van der Waals surface area contributed by atoms with Crippen LogP contribution in [0, 0.1) is 5.92 Å². The number of carbonyl (C=O) groups is 6. The summed E-state index contributed by atoms with van der Waals surface area (Å²) in [4.78, 5) is 72.4. The van der Waals surface area contributed by atoms with E-state index in [2.05, 4.69) is 31.9 Å². The topological polar surface area (TPSA) is 230 Å². The van der Waals surface area contributed by atoms with E-state index in [1.807, 2.05) is 13.8 Å². The van der Waals surface area contributed by atoms with Crippen molar-refractivity contribution in [3.05, 3.63) is 29.8 Å². The van der Waals surface area contributed by atoms with Crippen molar-refractivity contribution in [3.63, 3.8) is 0 Å². The molecule has 0 unspecified atom stereocenters. The number of anilines is 1. The number of primary amides is 1. The highest BCUT2D eigenvalue weighted by Crippen LogP contribution is 2.12. The van der Waals surface area contributed by atoms with Gasteiger partial charge < -0.3 is 47.5 Å². The van der Waals surface area contributed by atoms with Crippen LogP contribution < -0.4 is 37.6 Å². The minimum atomic E-state index is -1.10. The van der Waals surface area contributed by atoms with Gasteiger partial charge in [-0.25, -0.2) is 14.4 Å². The van der Waals surface area contributed by atoms with E-state index in [-0.39, 0.29) is 30.4 Å². The van der Waals surface area contributed by atoms with Crippen LogP contribution in [0.5, 0.6) is 0 Å². The lowest BCUT2D eigenvalue weighted by Gasteiger charge is -2.25. The number of carboxylic acids is 1. The molecule has 0 heterocycles. The number of benzene rings is 1. The fourth-order valence-corrected chi connectivity index (χ4v) is 4.21. The molecule has 0 saturated heterocycles. The first-order valence-corrected chi connectivity index (χ1v) is 15.5. The van der Waals surface area contributed by atoms with Crippen LogP contribution in [0.3, 0.4) is 0 Å². The van der Waals surface area contributed by atoms with Crippen LogP contribution in [0.15, 0.2) is 24.3 Å². The maximum Gasteiger partial charge on any atom is 0.407 e. The first kappa shape index (κ1) is 39.6. The highest BCUT2D eigenvalue weighted by Gasteiger charge is 2.27. The van der Waals surface area contributed by atoms with Gasteiger partial charge in [-0.05, 0) is 76.6 Å². The number of aromatic carboxylic acids is 1. The second-order valence-electron chi connectivity index (χ2n) is 12.1. The monoisotopic (exact) mass is 649 g/mol. The lowest BCUT2D eigenvalue weighted by Crippen LogP contribution is -2.54. The van der Waals surface area contributed by atoms with Gasteiger partial charge in [0.15, 0.2) is 0 Å². The molecule has 0 spiro atoms. The van der Waals surface area contributed by atoms with Crippen molar-refractivity contribution in [1.29, 1.82) is 0 Å². The third-order valence-corrected chi connectivity index (χ3v) is 6.51. The van der Waals surface area contributed by atoms with Crippen molar-refractivity contribution in [1.82, 2.24) is 26.6 Å². The fraction of sp³-hybridized carbons (Fsp3) is 0.613. The number of alkyl carbamates (subject to hydrolysis) is 1. The van der Waals surface area contributed by atoms with Gasteiger partial charge in [0.05, 0.1) is 11.6 Å². The van der Waals surface area contributed by atoms with Crippen LogP contribution in [0.4, 0.5) is 15.3 Å². The van der Waals surface area contributed by atoms with Gasteiger partial charge in [0, 0.05) is 38.3 Å². The smallest absolute Gasteiger partial charge is 0.407 e. The summed E-state index contributed by atoms with van der Waals surface area (Å²) in [6.45, 7) is 10.4. The third-order valence-electron chi connectivity index (χ3n) is 6.51. The number of amides is 6. The Balaban J connectivity index is 2.56. The number of hydrogen-bond acceptors (Lipinski definition) is 8. The Morgan fingerprint density at radius 1 is 0.826 bits per heavy atom. The molecule has 0 aliphatic rings. The summed E-state index contributed by atoms with van der Waals surface area (Å²) < 4.78 is 5.18. The van der Waals surface area contributed by atoms with Crippen LogP contribution in [0.1, 0.15) is 83.5 Å². The zero-order valence-corrected chi connectivity index (χ0v) is 27.5. The number of carboxylic acid groups (broad SMARTS) is 1. The maximum atomic E-state index is 13.2. The van der Waals surface area contributed by atoms with Crippen LogP contribution in [0.2, 0.25) is 0 Å². The van der Waals surface area contributed by atoms with E-state index < -0.39 is 47.6 Å². The Kier molecular flexibility index (Phi) is 17.7. The molecule has 1 aromatic rings. The van der Waals surface area contributed by atoms with E-state index in [1.54, 1.807) is 20.8 Å². The number of unbranched alkanes of at least 4 members (excludes halogenated alkanes) is 2. The predicted octanol–water partition coefficient (Wildman–Crippen LogP) is 2.07. The van der Waals surface area contributed by atoms with E-state index in [9.17, 15) is 28.8 Å². The first-order valence-electron chi connectivity index (χ1n) is 15.5. The molecule has 258 valence electrons. The molecule has 6 amide bonds. The third kappa shape index (κ3) is 17.8. The normalized spacial score (nSPS) is 12.4. The lowest BCUT2D eigenvalue weighted by molar-refractivity contribution is -0.128. The quantitative estimate of drug-likeness (QED) is 0.0965. The average molecular weight is 650 g/mol. The molecule has 0 bridgehead atoms. The summed E-state index contributed by atoms with van der Waals surface area (Å²) in [5.74, 6) is -2.28. The molecule has 9 N–H and O–H groups in total. The number of nitrogens with one attached hydrogen (secondary N) is 6. The van der Waals surface area contributed by atoms with Crippen molar-refractivity contribution < 1.29 is 38.6 Å². The van der Waals surface area contributed by atoms with E-state index in [0.29, 0.717) is 44.6 Å². The summed E-state index contributed by atoms with van der Waals surface area (Å²) in [6.07, 6.45) is 2.56. The largest absolute Gasteiger partial charge is 0.478 e. The molecule has 0 aliphatic carbocycles. The number of urea groups is 1. The standard InChI is InChI=1S/C31H51N7O8/c1-20(2)25(34-19-18-33-24(39)11-7-6-8-16-36-30(45)46-31(3,4)5)27(41)38-23(10-9-17-35-29(32)44)26(40)37-22-14-12-21(13-15-22)28(42)43/h12-15,20,23,25,34H,6-11,16-19H2,1-5H3,(H,33,39)(H,36,45)(H,37,40)(H,38,41)(H,42,43)(H3,32,35,44)/t23-,25-/m0/s1. The molecule has 46 heavy (non-hydrogen) atoms. The van der Waals surface area contributed by atoms with E-state index in [1.165, 1.54) is 24.3 Å². The van der Waals surface area contributed by atoms with E-state index in [0.717, 1.165) is 12.8 Å². The summed E-state index contributed by atoms with van der Waals surface area (Å²) in [7, 11) is 0. The second-order valence-corrected chi connectivity index (χ2v) is 12.1. The number of hydrogen-bond donors (Lipinski definition) is 8. The molecule has 1 aromatic carbocycles. The van der Waals surface area contributed by atoms with Gasteiger partial charge in [-0.3, -0.25) is 14.4 Å². The molecule has 2 atom stereocenters. The summed E-state index contributed by atoms with van der Waals surface area (Å²) in [5, 5.41) is 25.6. The van der Waals surface area contributed by atoms with Gasteiger partial charge >= 0.3 is 18.1 Å². The van der Waals surface area contributed by atoms with Crippen LogP contribution in [-0.4, -0.2) is 84.8 Å². The summed E-state index contributed by atoms with van der Waals surface area (Å²) in [6, 6.07) is 3.29. The molecular formula is C31H51N7O8. The Bertz CT molecular complexity index is 1150.